The zero-order valence-corrected chi connectivity index (χ0v) is 13.5. The van der Waals surface area contributed by atoms with E-state index in [1.165, 1.54) is 6.20 Å². The second-order valence-electron chi connectivity index (χ2n) is 5.12. The zero-order valence-electron chi connectivity index (χ0n) is 13.5. The normalized spacial score (nSPS) is 11.7. The quantitative estimate of drug-likeness (QED) is 0.856. The molecule has 1 amide bonds. The molecule has 2 aromatic rings. The Labute approximate surface area is 135 Å². The highest BCUT2D eigenvalue weighted by molar-refractivity contribution is 5.94. The van der Waals surface area contributed by atoms with Crippen molar-refractivity contribution in [1.82, 2.24) is 4.98 Å². The molecular formula is C17H21N3O3. The molecule has 0 radical (unpaired) electrons. The van der Waals surface area contributed by atoms with Crippen molar-refractivity contribution in [2.45, 2.75) is 26.3 Å². The molecule has 0 spiro atoms. The number of nitrogens with zero attached hydrogens (tertiary/aromatic N) is 1. The third kappa shape index (κ3) is 4.43. The van der Waals surface area contributed by atoms with Gasteiger partial charge in [0.15, 0.2) is 0 Å². The van der Waals surface area contributed by atoms with Crippen molar-refractivity contribution in [3.8, 4) is 17.4 Å². The van der Waals surface area contributed by atoms with Gasteiger partial charge in [0.05, 0.1) is 25.0 Å². The van der Waals surface area contributed by atoms with Crippen molar-refractivity contribution in [2.75, 3.05) is 12.4 Å². The van der Waals surface area contributed by atoms with Crippen molar-refractivity contribution in [3.05, 3.63) is 42.1 Å². The molecule has 23 heavy (non-hydrogen) atoms. The maximum atomic E-state index is 11.7. The van der Waals surface area contributed by atoms with Crippen LogP contribution in [-0.2, 0) is 4.79 Å². The second-order valence-corrected chi connectivity index (χ2v) is 5.12. The van der Waals surface area contributed by atoms with Crippen LogP contribution >= 0.6 is 0 Å². The van der Waals surface area contributed by atoms with Gasteiger partial charge < -0.3 is 20.5 Å². The highest BCUT2D eigenvalue weighted by Crippen LogP contribution is 2.27. The van der Waals surface area contributed by atoms with E-state index in [1.54, 1.807) is 25.3 Å². The minimum Gasteiger partial charge on any atom is -0.496 e. The number of nitrogens with one attached hydrogen (secondary N) is 1. The maximum Gasteiger partial charge on any atom is 0.241 e. The van der Waals surface area contributed by atoms with E-state index in [4.69, 9.17) is 15.2 Å². The van der Waals surface area contributed by atoms with Crippen LogP contribution in [-0.4, -0.2) is 24.0 Å². The van der Waals surface area contributed by atoms with E-state index in [-0.39, 0.29) is 5.91 Å². The van der Waals surface area contributed by atoms with E-state index < -0.39 is 6.04 Å². The first-order chi connectivity index (χ1) is 11.0. The van der Waals surface area contributed by atoms with Gasteiger partial charge in [0.1, 0.15) is 11.5 Å². The molecule has 122 valence electrons. The summed E-state index contributed by atoms with van der Waals surface area (Å²) in [5.41, 5.74) is 7.27. The minimum atomic E-state index is -0.522. The van der Waals surface area contributed by atoms with Crippen LogP contribution in [0.1, 0.15) is 18.9 Å². The number of aromatic nitrogens is 1. The summed E-state index contributed by atoms with van der Waals surface area (Å²) >= 11 is 0. The van der Waals surface area contributed by atoms with Crippen LogP contribution in [0.5, 0.6) is 17.4 Å². The van der Waals surface area contributed by atoms with Gasteiger partial charge in [-0.3, -0.25) is 4.79 Å². The van der Waals surface area contributed by atoms with E-state index >= 15 is 0 Å². The van der Waals surface area contributed by atoms with Crippen LogP contribution in [0.4, 0.5) is 5.69 Å². The topological polar surface area (TPSA) is 86.5 Å². The average Bonchev–Trinajstić information content (AvgIpc) is 2.57. The number of benzene rings is 1. The summed E-state index contributed by atoms with van der Waals surface area (Å²) in [6.07, 6.45) is 2.11. The van der Waals surface area contributed by atoms with Crippen molar-refractivity contribution in [3.63, 3.8) is 0 Å². The predicted octanol–water partition coefficient (Wildman–Crippen LogP) is 2.87. The Hall–Kier alpha value is -2.60. The fourth-order valence-corrected chi connectivity index (χ4v) is 1.92. The number of methoxy groups -OCH3 is 1. The summed E-state index contributed by atoms with van der Waals surface area (Å²) in [5, 5.41) is 2.71. The lowest BCUT2D eigenvalue weighted by atomic mass is 10.2. The predicted molar refractivity (Wildman–Crippen MR) is 88.9 cm³/mol. The summed E-state index contributed by atoms with van der Waals surface area (Å²) in [5.74, 6) is 1.57. The fraction of sp³-hybridized carbons (Fsp3) is 0.294. The number of carbonyl (C=O) groups excluding carboxylic acids is 1. The first-order valence-corrected chi connectivity index (χ1v) is 7.38. The highest BCUT2D eigenvalue weighted by Gasteiger charge is 2.11. The Bertz CT molecular complexity index is 671. The highest BCUT2D eigenvalue weighted by atomic mass is 16.5. The van der Waals surface area contributed by atoms with Crippen LogP contribution in [0.25, 0.3) is 0 Å². The summed E-state index contributed by atoms with van der Waals surface area (Å²) in [4.78, 5) is 15.9. The number of nitrogens with two attached hydrogens (primary N) is 1. The molecule has 0 saturated heterocycles. The van der Waals surface area contributed by atoms with E-state index in [9.17, 15) is 4.79 Å². The summed E-state index contributed by atoms with van der Waals surface area (Å²) < 4.78 is 10.9. The number of pyridine rings is 1. The molecule has 0 aliphatic rings. The van der Waals surface area contributed by atoms with Crippen molar-refractivity contribution < 1.29 is 14.3 Å². The van der Waals surface area contributed by atoms with Gasteiger partial charge in [0.25, 0.3) is 0 Å². The largest absolute Gasteiger partial charge is 0.496 e. The molecule has 2 rings (SSSR count). The lowest BCUT2D eigenvalue weighted by Crippen LogP contribution is -2.34. The van der Waals surface area contributed by atoms with Crippen molar-refractivity contribution in [1.29, 1.82) is 0 Å². The lowest BCUT2D eigenvalue weighted by Gasteiger charge is -2.11. The molecule has 0 bridgehead atoms. The third-order valence-corrected chi connectivity index (χ3v) is 3.38. The molecule has 0 fully saturated rings. The molecule has 1 heterocycles. The zero-order chi connectivity index (χ0) is 16.8. The molecule has 0 unspecified atom stereocenters. The van der Waals surface area contributed by atoms with Gasteiger partial charge >= 0.3 is 0 Å². The number of hydrogen-bond acceptors (Lipinski definition) is 5. The summed E-state index contributed by atoms with van der Waals surface area (Å²) in [6, 6.07) is 8.43. The van der Waals surface area contributed by atoms with Crippen molar-refractivity contribution >= 4 is 11.6 Å². The maximum absolute atomic E-state index is 11.7. The average molecular weight is 315 g/mol. The van der Waals surface area contributed by atoms with Gasteiger partial charge in [-0.1, -0.05) is 13.0 Å². The number of anilines is 1. The number of amides is 1. The Kier molecular flexibility index (Phi) is 5.54. The number of aryl methyl sites for hydroxylation is 1. The number of rotatable bonds is 6. The molecular weight excluding hydrogens is 294 g/mol. The first kappa shape index (κ1) is 16.8. The molecule has 3 N–H and O–H groups in total. The molecule has 6 heteroatoms. The van der Waals surface area contributed by atoms with Crippen molar-refractivity contribution in [2.24, 2.45) is 5.73 Å². The molecule has 0 aliphatic heterocycles. The van der Waals surface area contributed by atoms with Crippen LogP contribution in [0, 0.1) is 6.92 Å². The van der Waals surface area contributed by atoms with Crippen LogP contribution < -0.4 is 20.5 Å². The SMILES string of the molecule is CC[C@@H](N)C(=O)Nc1ccc(Oc2ccc(C)c(OC)c2)nc1. The van der Waals surface area contributed by atoms with E-state index in [0.717, 1.165) is 11.3 Å². The van der Waals surface area contributed by atoms with Gasteiger partial charge in [0, 0.05) is 12.1 Å². The van der Waals surface area contributed by atoms with E-state index in [2.05, 4.69) is 10.3 Å². The Morgan fingerprint density at radius 1 is 1.35 bits per heavy atom. The van der Waals surface area contributed by atoms with Gasteiger partial charge in [0.2, 0.25) is 11.8 Å². The van der Waals surface area contributed by atoms with Gasteiger partial charge in [-0.15, -0.1) is 0 Å². The first-order valence-electron chi connectivity index (χ1n) is 7.38. The third-order valence-electron chi connectivity index (χ3n) is 3.38. The molecule has 1 aromatic heterocycles. The molecule has 6 nitrogen and oxygen atoms in total. The summed E-state index contributed by atoms with van der Waals surface area (Å²) in [7, 11) is 1.61. The second kappa shape index (κ2) is 7.60. The number of hydrogen-bond donors (Lipinski definition) is 2. The fourth-order valence-electron chi connectivity index (χ4n) is 1.92. The Morgan fingerprint density at radius 2 is 2.13 bits per heavy atom. The van der Waals surface area contributed by atoms with E-state index in [0.29, 0.717) is 23.7 Å². The van der Waals surface area contributed by atoms with Gasteiger partial charge in [-0.2, -0.15) is 0 Å². The number of ether oxygens (including phenoxy) is 2. The molecule has 0 saturated carbocycles. The molecule has 1 atom stereocenters. The molecule has 0 aliphatic carbocycles. The summed E-state index contributed by atoms with van der Waals surface area (Å²) in [6.45, 7) is 3.81. The smallest absolute Gasteiger partial charge is 0.241 e. The molecule has 1 aromatic carbocycles. The van der Waals surface area contributed by atoms with Crippen LogP contribution in [0.3, 0.4) is 0 Å². The van der Waals surface area contributed by atoms with Crippen LogP contribution in [0.2, 0.25) is 0 Å². The number of carbonyl (C=O) groups is 1. The van der Waals surface area contributed by atoms with Gasteiger partial charge in [-0.05, 0) is 31.0 Å². The monoisotopic (exact) mass is 315 g/mol. The lowest BCUT2D eigenvalue weighted by molar-refractivity contribution is -0.117. The van der Waals surface area contributed by atoms with E-state index in [1.807, 2.05) is 26.0 Å². The Balaban J connectivity index is 2.04. The standard InChI is InChI=1S/C17H21N3O3/c1-4-14(18)17(21)20-12-6-8-16(19-10-12)23-13-7-5-11(2)15(9-13)22-3/h5-10,14H,4,18H2,1-3H3,(H,20,21)/t14-/m1/s1. The minimum absolute atomic E-state index is 0.230. The van der Waals surface area contributed by atoms with Gasteiger partial charge in [-0.25, -0.2) is 4.98 Å². The Morgan fingerprint density at radius 3 is 2.74 bits per heavy atom. The van der Waals surface area contributed by atoms with Crippen LogP contribution in [0.15, 0.2) is 36.5 Å².